The van der Waals surface area contributed by atoms with Gasteiger partial charge < -0.3 is 25.1 Å². The molecule has 0 radical (unpaired) electrons. The number of para-hydroxylation sites is 1. The van der Waals surface area contributed by atoms with E-state index in [1.54, 1.807) is 6.07 Å². The van der Waals surface area contributed by atoms with Crippen LogP contribution in [0.3, 0.4) is 0 Å². The fraction of sp³-hybridized carbons (Fsp3) is 0.722. The van der Waals surface area contributed by atoms with Gasteiger partial charge in [0.25, 0.3) is 0 Å². The molecule has 50 heavy (non-hydrogen) atoms. The number of hydrogen-bond acceptors (Lipinski definition) is 9. The van der Waals surface area contributed by atoms with Gasteiger partial charge >= 0.3 is 12.0 Å². The zero-order valence-corrected chi connectivity index (χ0v) is 30.9. The number of alkyl halides is 3. The number of aromatic nitrogens is 2. The van der Waals surface area contributed by atoms with Gasteiger partial charge in [-0.25, -0.2) is 4.98 Å². The van der Waals surface area contributed by atoms with Crippen LogP contribution in [0, 0.1) is 39.2 Å². The average Bonchev–Trinajstić information content (AvgIpc) is 3.02. The molecular formula is C36H53F3N6O4Si. The van der Waals surface area contributed by atoms with E-state index in [2.05, 4.69) is 64.5 Å². The number of ether oxygens (including phenoxy) is 1. The first-order valence-corrected chi connectivity index (χ1v) is 21.1. The van der Waals surface area contributed by atoms with Crippen molar-refractivity contribution < 1.29 is 27.3 Å². The van der Waals surface area contributed by atoms with Gasteiger partial charge in [-0.15, -0.1) is 13.2 Å². The predicted octanol–water partition coefficient (Wildman–Crippen LogP) is 8.67. The Hall–Kier alpha value is -2.97. The van der Waals surface area contributed by atoms with E-state index < -0.39 is 19.6 Å². The summed E-state index contributed by atoms with van der Waals surface area (Å²) >= 11 is 0. The average molecular weight is 719 g/mol. The van der Waals surface area contributed by atoms with Crippen molar-refractivity contribution in [1.82, 2.24) is 15.3 Å². The van der Waals surface area contributed by atoms with Crippen molar-refractivity contribution in [3.63, 3.8) is 0 Å². The van der Waals surface area contributed by atoms with Crippen LogP contribution in [-0.4, -0.2) is 54.8 Å². The van der Waals surface area contributed by atoms with Gasteiger partial charge in [-0.2, -0.15) is 4.98 Å². The molecule has 4 bridgehead atoms. The maximum atomic E-state index is 12.9. The topological polar surface area (TPSA) is 123 Å². The van der Waals surface area contributed by atoms with Crippen molar-refractivity contribution in [2.24, 2.45) is 29.1 Å². The van der Waals surface area contributed by atoms with Crippen molar-refractivity contribution in [3.05, 3.63) is 46.1 Å². The van der Waals surface area contributed by atoms with E-state index in [9.17, 15) is 23.3 Å². The molecule has 5 saturated carbocycles. The first kappa shape index (κ1) is 36.8. The number of nitrogens with zero attached hydrogens (tertiary/aromatic N) is 3. The number of rotatable bonds is 13. The van der Waals surface area contributed by atoms with Crippen molar-refractivity contribution in [2.45, 2.75) is 122 Å². The highest BCUT2D eigenvalue weighted by Gasteiger charge is 2.55. The quantitative estimate of drug-likeness (QED) is 0.106. The summed E-state index contributed by atoms with van der Waals surface area (Å²) in [5, 5.41) is 22.4. The van der Waals surface area contributed by atoms with Crippen molar-refractivity contribution >= 4 is 25.8 Å². The summed E-state index contributed by atoms with van der Waals surface area (Å²) in [6, 6.07) is 6.32. The smallest absolute Gasteiger partial charge is 0.414 e. The predicted molar refractivity (Wildman–Crippen MR) is 189 cm³/mol. The van der Waals surface area contributed by atoms with Crippen LogP contribution in [0.1, 0.15) is 84.1 Å². The van der Waals surface area contributed by atoms with Crippen LogP contribution < -0.4 is 20.7 Å². The third kappa shape index (κ3) is 8.55. The van der Waals surface area contributed by atoms with E-state index in [1.807, 2.05) is 0 Å². The van der Waals surface area contributed by atoms with Crippen LogP contribution in [0.25, 0.3) is 0 Å². The molecule has 0 aliphatic heterocycles. The van der Waals surface area contributed by atoms with E-state index in [0.717, 1.165) is 44.8 Å². The molecule has 1 aromatic carbocycles. The Morgan fingerprint density at radius 1 is 1.02 bits per heavy atom. The minimum atomic E-state index is -4.83. The van der Waals surface area contributed by atoms with Gasteiger partial charge in [0.15, 0.2) is 8.32 Å². The fourth-order valence-corrected chi connectivity index (χ4v) is 10.6. The molecule has 0 amide bonds. The van der Waals surface area contributed by atoms with E-state index >= 15 is 0 Å². The van der Waals surface area contributed by atoms with Crippen molar-refractivity contribution in [1.29, 1.82) is 0 Å². The molecule has 1 unspecified atom stereocenters. The minimum absolute atomic E-state index is 0.0497. The van der Waals surface area contributed by atoms with Gasteiger partial charge in [0.05, 0.1) is 4.92 Å². The number of halogens is 3. The third-order valence-corrected chi connectivity index (χ3v) is 16.9. The van der Waals surface area contributed by atoms with Crippen LogP contribution in [0.2, 0.25) is 18.1 Å². The Morgan fingerprint density at radius 3 is 2.34 bits per heavy atom. The van der Waals surface area contributed by atoms with E-state index in [0.29, 0.717) is 42.4 Å². The van der Waals surface area contributed by atoms with Gasteiger partial charge in [-0.1, -0.05) is 39.0 Å². The number of benzene rings is 1. The first-order valence-electron chi connectivity index (χ1n) is 18.2. The van der Waals surface area contributed by atoms with Gasteiger partial charge in [0.2, 0.25) is 11.8 Å². The second kappa shape index (κ2) is 14.2. The largest absolute Gasteiger partial charge is 0.573 e. The molecule has 10 nitrogen and oxygen atoms in total. The maximum Gasteiger partial charge on any atom is 0.573 e. The number of hydrogen-bond donors (Lipinski definition) is 3. The highest BCUT2D eigenvalue weighted by Crippen LogP contribution is 2.60. The SMILES string of the molecule is CC(C)(C)[Si](C)(C)O[C@H]1CC[C@H](CN[C@@H]2[C@@H]3CC4C[C@H]2C[C@@](CNc2nc(NCc5ccccc5OC(F)(F)F)ncc2[N+](=O)[O-])(C4)C3)CC1. The first-order chi connectivity index (χ1) is 23.5. The fourth-order valence-electron chi connectivity index (χ4n) is 9.14. The van der Waals surface area contributed by atoms with E-state index in [-0.39, 0.29) is 45.8 Å². The molecule has 7 rings (SSSR count). The zero-order valence-electron chi connectivity index (χ0n) is 29.9. The van der Waals surface area contributed by atoms with Gasteiger partial charge in [-0.05, 0) is 118 Å². The molecular weight excluding hydrogens is 666 g/mol. The summed E-state index contributed by atoms with van der Waals surface area (Å²) in [6.45, 7) is 13.2. The molecule has 0 saturated heterocycles. The molecule has 5 aliphatic carbocycles. The van der Waals surface area contributed by atoms with Gasteiger partial charge in [-0.3, -0.25) is 10.1 Å². The van der Waals surface area contributed by atoms with Crippen LogP contribution in [0.4, 0.5) is 30.6 Å². The molecule has 5 aliphatic rings. The summed E-state index contributed by atoms with van der Waals surface area (Å²) in [4.78, 5) is 19.9. The second-order valence-electron chi connectivity index (χ2n) is 17.0. The monoisotopic (exact) mass is 718 g/mol. The third-order valence-electron chi connectivity index (χ3n) is 12.3. The molecule has 1 aromatic heterocycles. The van der Waals surface area contributed by atoms with Crippen LogP contribution in [-0.2, 0) is 11.0 Å². The lowest BCUT2D eigenvalue weighted by atomic mass is 9.48. The summed E-state index contributed by atoms with van der Waals surface area (Å²) in [5.74, 6) is 2.42. The standard InChI is InChI=1S/C36H53F3N6O4Si/c1-34(2,3)50(4,5)49-28-12-10-23(11-13-28)19-40-31-26-14-24-15-27(31)18-35(16-24,17-26)22-43-32-29(45(46)47)21-42-33(44-32)41-20-25-8-6-7-9-30(25)48-36(37,38)39/h6-9,21,23-24,26-28,31,40H,10-20,22H2,1-5H3,(H2,41,42,43,44)/t23-,24?,26-,27+,28-,31-,35-. The summed E-state index contributed by atoms with van der Waals surface area (Å²) in [6.07, 6.45) is 7.20. The highest BCUT2D eigenvalue weighted by molar-refractivity contribution is 6.74. The Kier molecular flexibility index (Phi) is 10.5. The molecule has 2 aromatic rings. The summed E-state index contributed by atoms with van der Waals surface area (Å²) in [5.41, 5.74) is 0.0695. The summed E-state index contributed by atoms with van der Waals surface area (Å²) in [7, 11) is -1.75. The number of nitrogens with one attached hydrogen (secondary N) is 3. The van der Waals surface area contributed by atoms with Gasteiger partial charge in [0.1, 0.15) is 11.9 Å². The molecule has 276 valence electrons. The Balaban J connectivity index is 1.03. The normalized spacial score (nSPS) is 29.5. The van der Waals surface area contributed by atoms with E-state index in [1.165, 1.54) is 43.9 Å². The van der Waals surface area contributed by atoms with E-state index in [4.69, 9.17) is 4.43 Å². The van der Waals surface area contributed by atoms with Crippen LogP contribution in [0.5, 0.6) is 5.75 Å². The molecule has 0 spiro atoms. The zero-order chi connectivity index (χ0) is 35.9. The second-order valence-corrected chi connectivity index (χ2v) is 21.7. The molecule has 5 atom stereocenters. The molecule has 5 fully saturated rings. The molecule has 3 N–H and O–H groups in total. The van der Waals surface area contributed by atoms with Crippen molar-refractivity contribution in [2.75, 3.05) is 23.7 Å². The summed E-state index contributed by atoms with van der Waals surface area (Å²) < 4.78 is 49.5. The lowest BCUT2D eigenvalue weighted by molar-refractivity contribution is -0.384. The Bertz CT molecular complexity index is 1500. The number of nitro groups is 1. The molecule has 14 heteroatoms. The Labute approximate surface area is 294 Å². The van der Waals surface area contributed by atoms with Crippen LogP contribution in [0.15, 0.2) is 30.5 Å². The van der Waals surface area contributed by atoms with Crippen molar-refractivity contribution in [3.8, 4) is 5.75 Å². The molecule has 1 heterocycles. The lowest BCUT2D eigenvalue weighted by Crippen LogP contribution is -2.60. The number of anilines is 2. The lowest BCUT2D eigenvalue weighted by Gasteiger charge is -2.60. The van der Waals surface area contributed by atoms with Crippen LogP contribution >= 0.6 is 0 Å². The van der Waals surface area contributed by atoms with Gasteiger partial charge in [0, 0.05) is 30.8 Å². The maximum absolute atomic E-state index is 12.9. The minimum Gasteiger partial charge on any atom is -0.414 e. The highest BCUT2D eigenvalue weighted by atomic mass is 28.4. The Morgan fingerprint density at radius 2 is 1.70 bits per heavy atom.